The Balaban J connectivity index is 2.36. The highest BCUT2D eigenvalue weighted by Gasteiger charge is 2.07. The molecule has 3 nitrogen and oxygen atoms in total. The zero-order valence-electron chi connectivity index (χ0n) is 9.71. The fraction of sp³-hybridized carbons (Fsp3) is 0.0769. The minimum absolute atomic E-state index is 0.0231. The molecule has 0 aliphatic rings. The predicted molar refractivity (Wildman–Crippen MR) is 67.0 cm³/mol. The molecule has 94 valence electrons. The van der Waals surface area contributed by atoms with Crippen LogP contribution in [0.4, 0.5) is 25.8 Å². The Labute approximate surface area is 103 Å². The lowest BCUT2D eigenvalue weighted by molar-refractivity contribution is 0.415. The monoisotopic (exact) mass is 250 g/mol. The summed E-state index contributed by atoms with van der Waals surface area (Å²) in [6.45, 7) is 0. The Morgan fingerprint density at radius 2 is 1.83 bits per heavy atom. The first-order valence-electron chi connectivity index (χ1n) is 5.26. The van der Waals surface area contributed by atoms with Gasteiger partial charge >= 0.3 is 0 Å². The van der Waals surface area contributed by atoms with Crippen molar-refractivity contribution in [1.82, 2.24) is 0 Å². The lowest BCUT2D eigenvalue weighted by Crippen LogP contribution is -1.99. The van der Waals surface area contributed by atoms with E-state index in [1.165, 1.54) is 7.11 Å². The summed E-state index contributed by atoms with van der Waals surface area (Å²) in [6.07, 6.45) is 0. The Morgan fingerprint density at radius 3 is 2.56 bits per heavy atom. The van der Waals surface area contributed by atoms with E-state index in [9.17, 15) is 8.78 Å². The van der Waals surface area contributed by atoms with E-state index in [-0.39, 0.29) is 5.69 Å². The van der Waals surface area contributed by atoms with E-state index < -0.39 is 11.6 Å². The van der Waals surface area contributed by atoms with Crippen molar-refractivity contribution in [3.63, 3.8) is 0 Å². The normalized spacial score (nSPS) is 10.2. The summed E-state index contributed by atoms with van der Waals surface area (Å²) in [5.74, 6) is -0.512. The molecule has 0 aliphatic heterocycles. The molecule has 0 atom stereocenters. The van der Waals surface area contributed by atoms with Crippen LogP contribution in [-0.4, -0.2) is 7.11 Å². The van der Waals surface area contributed by atoms with Crippen molar-refractivity contribution in [1.29, 1.82) is 0 Å². The van der Waals surface area contributed by atoms with Crippen LogP contribution in [0.25, 0.3) is 0 Å². The minimum atomic E-state index is -0.557. The van der Waals surface area contributed by atoms with Crippen LogP contribution < -0.4 is 15.8 Å². The number of nitrogens with one attached hydrogen (secondary N) is 1. The van der Waals surface area contributed by atoms with Crippen LogP contribution in [0.1, 0.15) is 0 Å². The Hall–Kier alpha value is -2.30. The molecule has 0 amide bonds. The van der Waals surface area contributed by atoms with E-state index in [2.05, 4.69) is 5.32 Å². The largest absolute Gasteiger partial charge is 0.497 e. The number of benzene rings is 2. The fourth-order valence-electron chi connectivity index (χ4n) is 1.51. The molecule has 3 N–H and O–H groups in total. The highest BCUT2D eigenvalue weighted by molar-refractivity contribution is 5.74. The van der Waals surface area contributed by atoms with Gasteiger partial charge in [0.2, 0.25) is 0 Å². The average molecular weight is 250 g/mol. The first-order chi connectivity index (χ1) is 8.60. The third-order valence-corrected chi connectivity index (χ3v) is 2.46. The molecular formula is C13H12F2N2O. The van der Waals surface area contributed by atoms with Gasteiger partial charge in [-0.05, 0) is 24.3 Å². The molecule has 2 aromatic rings. The molecule has 0 spiro atoms. The van der Waals surface area contributed by atoms with Crippen LogP contribution >= 0.6 is 0 Å². The average Bonchev–Trinajstić information content (AvgIpc) is 2.36. The molecule has 0 saturated carbocycles. The van der Waals surface area contributed by atoms with E-state index in [1.54, 1.807) is 18.2 Å². The minimum Gasteiger partial charge on any atom is -0.497 e. The second-order valence-corrected chi connectivity index (χ2v) is 3.70. The highest BCUT2D eigenvalue weighted by Crippen LogP contribution is 2.28. The summed E-state index contributed by atoms with van der Waals surface area (Å²) in [5.41, 5.74) is 6.64. The van der Waals surface area contributed by atoms with E-state index in [0.717, 1.165) is 18.2 Å². The van der Waals surface area contributed by atoms with E-state index in [1.807, 2.05) is 0 Å². The van der Waals surface area contributed by atoms with Crippen LogP contribution in [0, 0.1) is 11.6 Å². The van der Waals surface area contributed by atoms with Crippen LogP contribution in [0.5, 0.6) is 5.75 Å². The van der Waals surface area contributed by atoms with Crippen molar-refractivity contribution in [2.75, 3.05) is 18.2 Å². The number of ether oxygens (including phenoxy) is 1. The molecule has 0 fully saturated rings. The lowest BCUT2D eigenvalue weighted by Gasteiger charge is -2.11. The second kappa shape index (κ2) is 4.91. The molecule has 0 bridgehead atoms. The van der Waals surface area contributed by atoms with Gasteiger partial charge in [0.25, 0.3) is 0 Å². The van der Waals surface area contributed by atoms with Crippen molar-refractivity contribution < 1.29 is 13.5 Å². The van der Waals surface area contributed by atoms with Gasteiger partial charge in [-0.25, -0.2) is 8.78 Å². The predicted octanol–water partition coefficient (Wildman–Crippen LogP) is 3.30. The number of hydrogen-bond acceptors (Lipinski definition) is 3. The molecule has 0 aromatic heterocycles. The van der Waals surface area contributed by atoms with Crippen molar-refractivity contribution in [2.45, 2.75) is 0 Å². The first kappa shape index (κ1) is 12.2. The summed E-state index contributed by atoms with van der Waals surface area (Å²) >= 11 is 0. The fourth-order valence-corrected chi connectivity index (χ4v) is 1.51. The Morgan fingerprint density at radius 1 is 1.06 bits per heavy atom. The third-order valence-electron chi connectivity index (χ3n) is 2.46. The summed E-state index contributed by atoms with van der Waals surface area (Å²) in [6, 6.07) is 8.08. The number of halogens is 2. The number of hydrogen-bond donors (Lipinski definition) is 2. The number of rotatable bonds is 3. The number of nitrogens with two attached hydrogens (primary N) is 1. The van der Waals surface area contributed by atoms with Gasteiger partial charge in [-0.15, -0.1) is 0 Å². The van der Waals surface area contributed by atoms with Crippen molar-refractivity contribution >= 4 is 17.1 Å². The standard InChI is InChI=1S/C13H12F2N2O/c1-18-9-3-5-11(16)13(7-9)17-12-6-8(14)2-4-10(12)15/h2-7,17H,16H2,1H3. The zero-order valence-corrected chi connectivity index (χ0v) is 9.71. The zero-order chi connectivity index (χ0) is 13.1. The molecule has 0 heterocycles. The van der Waals surface area contributed by atoms with Gasteiger partial charge < -0.3 is 15.8 Å². The summed E-state index contributed by atoms with van der Waals surface area (Å²) in [4.78, 5) is 0. The van der Waals surface area contributed by atoms with Gasteiger partial charge in [0.1, 0.15) is 17.4 Å². The summed E-state index contributed by atoms with van der Waals surface area (Å²) in [5, 5.41) is 2.74. The van der Waals surface area contributed by atoms with Crippen LogP contribution in [0.3, 0.4) is 0 Å². The topological polar surface area (TPSA) is 47.3 Å². The molecular weight excluding hydrogens is 238 g/mol. The highest BCUT2D eigenvalue weighted by atomic mass is 19.1. The Bertz CT molecular complexity index is 573. The van der Waals surface area contributed by atoms with Gasteiger partial charge in [-0.2, -0.15) is 0 Å². The quantitative estimate of drug-likeness (QED) is 0.822. The molecule has 2 rings (SSSR count). The van der Waals surface area contributed by atoms with E-state index >= 15 is 0 Å². The van der Waals surface area contributed by atoms with Gasteiger partial charge in [-0.3, -0.25) is 0 Å². The number of anilines is 3. The van der Waals surface area contributed by atoms with Gasteiger partial charge in [0, 0.05) is 12.1 Å². The molecule has 2 aromatic carbocycles. The first-order valence-corrected chi connectivity index (χ1v) is 5.26. The van der Waals surface area contributed by atoms with Crippen LogP contribution in [0.2, 0.25) is 0 Å². The molecule has 0 unspecified atom stereocenters. The molecule has 0 saturated heterocycles. The van der Waals surface area contributed by atoms with Crippen molar-refractivity contribution in [3.05, 3.63) is 48.0 Å². The molecule has 5 heteroatoms. The number of nitrogen functional groups attached to an aromatic ring is 1. The molecule has 0 radical (unpaired) electrons. The molecule has 18 heavy (non-hydrogen) atoms. The maximum Gasteiger partial charge on any atom is 0.146 e. The summed E-state index contributed by atoms with van der Waals surface area (Å²) < 4.78 is 31.5. The number of methoxy groups -OCH3 is 1. The van der Waals surface area contributed by atoms with Gasteiger partial charge in [-0.1, -0.05) is 0 Å². The van der Waals surface area contributed by atoms with E-state index in [0.29, 0.717) is 17.1 Å². The van der Waals surface area contributed by atoms with Gasteiger partial charge in [0.05, 0.1) is 24.2 Å². The maximum absolute atomic E-state index is 13.5. The van der Waals surface area contributed by atoms with Crippen LogP contribution in [-0.2, 0) is 0 Å². The van der Waals surface area contributed by atoms with Crippen molar-refractivity contribution in [2.24, 2.45) is 0 Å². The smallest absolute Gasteiger partial charge is 0.146 e. The Kier molecular flexibility index (Phi) is 3.32. The second-order valence-electron chi connectivity index (χ2n) is 3.70. The van der Waals surface area contributed by atoms with Crippen molar-refractivity contribution in [3.8, 4) is 5.75 Å². The van der Waals surface area contributed by atoms with Crippen LogP contribution in [0.15, 0.2) is 36.4 Å². The van der Waals surface area contributed by atoms with E-state index in [4.69, 9.17) is 10.5 Å². The third kappa shape index (κ3) is 2.51. The maximum atomic E-state index is 13.5. The SMILES string of the molecule is COc1ccc(N)c(Nc2cc(F)ccc2F)c1. The molecule has 0 aliphatic carbocycles. The van der Waals surface area contributed by atoms with Gasteiger partial charge in [0.15, 0.2) is 0 Å². The lowest BCUT2D eigenvalue weighted by atomic mass is 10.2. The summed E-state index contributed by atoms with van der Waals surface area (Å²) in [7, 11) is 1.51.